The molecule has 2 N–H and O–H groups in total. The molecule has 0 aliphatic rings. The monoisotopic (exact) mass is 385 g/mol. The normalized spacial score (nSPS) is 10.7. The molecule has 0 fully saturated rings. The zero-order valence-electron chi connectivity index (χ0n) is 14.5. The van der Waals surface area contributed by atoms with Gasteiger partial charge >= 0.3 is 0 Å². The van der Waals surface area contributed by atoms with Crippen molar-refractivity contribution >= 4 is 55.9 Å². The van der Waals surface area contributed by atoms with Crippen LogP contribution in [-0.4, -0.2) is 28.3 Å². The molecule has 2 aromatic carbocycles. The Bertz CT molecular complexity index is 953. The van der Waals surface area contributed by atoms with E-state index in [4.69, 9.17) is 0 Å². The number of thioether (sulfide) groups is 1. The maximum atomic E-state index is 12.0. The van der Waals surface area contributed by atoms with Crippen LogP contribution < -0.4 is 10.6 Å². The number of nitrogens with one attached hydrogen (secondary N) is 2. The fourth-order valence-corrected chi connectivity index (χ4v) is 3.99. The minimum atomic E-state index is -0.158. The first-order chi connectivity index (χ1) is 12.5. The van der Waals surface area contributed by atoms with Gasteiger partial charge in [-0.3, -0.25) is 9.59 Å². The maximum absolute atomic E-state index is 12.0. The number of thiazole rings is 1. The number of aromatic nitrogens is 1. The van der Waals surface area contributed by atoms with Gasteiger partial charge < -0.3 is 10.6 Å². The fourth-order valence-electron chi connectivity index (χ4n) is 2.40. The SMILES string of the molecule is Cc1cccc(NC(=O)CSCC(=O)Nc2nc3ccc(C)cc3s2)c1. The lowest BCUT2D eigenvalue weighted by Crippen LogP contribution is -2.18. The Morgan fingerprint density at radius 2 is 1.73 bits per heavy atom. The van der Waals surface area contributed by atoms with Crippen molar-refractivity contribution in [2.24, 2.45) is 0 Å². The van der Waals surface area contributed by atoms with Gasteiger partial charge in [0, 0.05) is 5.69 Å². The number of carbonyl (C=O) groups is 2. The summed E-state index contributed by atoms with van der Waals surface area (Å²) in [6.07, 6.45) is 0. The largest absolute Gasteiger partial charge is 0.325 e. The maximum Gasteiger partial charge on any atom is 0.236 e. The first-order valence-corrected chi connectivity index (χ1v) is 10.1. The van der Waals surface area contributed by atoms with Crippen LogP contribution in [0.5, 0.6) is 0 Å². The number of fused-ring (bicyclic) bond motifs is 1. The quantitative estimate of drug-likeness (QED) is 0.666. The van der Waals surface area contributed by atoms with E-state index < -0.39 is 0 Å². The van der Waals surface area contributed by atoms with E-state index >= 15 is 0 Å². The molecule has 0 aliphatic carbocycles. The molecule has 1 aromatic heterocycles. The molecule has 0 radical (unpaired) electrons. The second-order valence-electron chi connectivity index (χ2n) is 5.95. The zero-order chi connectivity index (χ0) is 18.5. The van der Waals surface area contributed by atoms with Gasteiger partial charge in [-0.05, 0) is 49.2 Å². The van der Waals surface area contributed by atoms with Gasteiger partial charge in [0.25, 0.3) is 0 Å². The van der Waals surface area contributed by atoms with Gasteiger partial charge in [-0.2, -0.15) is 0 Å². The van der Waals surface area contributed by atoms with E-state index in [0.717, 1.165) is 27.0 Å². The van der Waals surface area contributed by atoms with Crippen LogP contribution in [0.4, 0.5) is 10.8 Å². The first-order valence-electron chi connectivity index (χ1n) is 8.11. The van der Waals surface area contributed by atoms with Crippen LogP contribution in [0.2, 0.25) is 0 Å². The molecule has 7 heteroatoms. The van der Waals surface area contributed by atoms with E-state index in [1.807, 2.05) is 56.3 Å². The Kier molecular flexibility index (Phi) is 5.90. The molecule has 0 aliphatic heterocycles. The van der Waals surface area contributed by atoms with Crippen LogP contribution in [0.1, 0.15) is 11.1 Å². The average Bonchev–Trinajstić information content (AvgIpc) is 2.96. The highest BCUT2D eigenvalue weighted by Crippen LogP contribution is 2.26. The van der Waals surface area contributed by atoms with E-state index in [1.165, 1.54) is 23.1 Å². The number of hydrogen-bond acceptors (Lipinski definition) is 5. The van der Waals surface area contributed by atoms with Gasteiger partial charge in [0.1, 0.15) is 0 Å². The standard InChI is InChI=1S/C19H19N3O2S2/c1-12-4-3-5-14(8-12)20-17(23)10-25-11-18(24)22-19-21-15-7-6-13(2)9-16(15)26-19/h3-9H,10-11H2,1-2H3,(H,20,23)(H,21,22,24). The van der Waals surface area contributed by atoms with Gasteiger partial charge in [-0.15, -0.1) is 11.8 Å². The number of anilines is 2. The van der Waals surface area contributed by atoms with Crippen molar-refractivity contribution in [3.05, 3.63) is 53.6 Å². The Labute approximate surface area is 160 Å². The predicted molar refractivity (Wildman–Crippen MR) is 110 cm³/mol. The molecular weight excluding hydrogens is 366 g/mol. The highest BCUT2D eigenvalue weighted by Gasteiger charge is 2.10. The Hall–Kier alpha value is -2.38. The summed E-state index contributed by atoms with van der Waals surface area (Å²) in [7, 11) is 0. The molecule has 0 saturated carbocycles. The number of hydrogen-bond donors (Lipinski definition) is 2. The van der Waals surface area contributed by atoms with Gasteiger partial charge in [0.2, 0.25) is 11.8 Å². The third-order valence-corrected chi connectivity index (χ3v) is 5.42. The lowest BCUT2D eigenvalue weighted by Gasteiger charge is -2.06. The number of benzene rings is 2. The summed E-state index contributed by atoms with van der Waals surface area (Å²) in [6.45, 7) is 3.99. The van der Waals surface area contributed by atoms with Crippen molar-refractivity contribution in [1.82, 2.24) is 4.98 Å². The average molecular weight is 386 g/mol. The summed E-state index contributed by atoms with van der Waals surface area (Å²) in [5.74, 6) is 0.148. The predicted octanol–water partition coefficient (Wildman–Crippen LogP) is 4.22. The van der Waals surface area contributed by atoms with Crippen LogP contribution in [-0.2, 0) is 9.59 Å². The Balaban J connectivity index is 1.45. The summed E-state index contributed by atoms with van der Waals surface area (Å²) < 4.78 is 1.05. The molecule has 26 heavy (non-hydrogen) atoms. The molecule has 1 heterocycles. The molecule has 5 nitrogen and oxygen atoms in total. The van der Waals surface area contributed by atoms with Crippen molar-refractivity contribution in [2.75, 3.05) is 22.1 Å². The van der Waals surface area contributed by atoms with E-state index in [9.17, 15) is 9.59 Å². The van der Waals surface area contributed by atoms with E-state index in [2.05, 4.69) is 15.6 Å². The number of rotatable bonds is 6. The lowest BCUT2D eigenvalue weighted by molar-refractivity contribution is -0.114. The van der Waals surface area contributed by atoms with Gasteiger partial charge in [-0.1, -0.05) is 29.5 Å². The topological polar surface area (TPSA) is 71.1 Å². The van der Waals surface area contributed by atoms with Gasteiger partial charge in [-0.25, -0.2) is 4.98 Å². The van der Waals surface area contributed by atoms with Gasteiger partial charge in [0.15, 0.2) is 5.13 Å². The van der Waals surface area contributed by atoms with Gasteiger partial charge in [0.05, 0.1) is 21.7 Å². The molecule has 0 spiro atoms. The molecule has 0 bridgehead atoms. The lowest BCUT2D eigenvalue weighted by atomic mass is 10.2. The third kappa shape index (κ3) is 5.06. The summed E-state index contributed by atoms with van der Waals surface area (Å²) in [5, 5.41) is 6.21. The minimum Gasteiger partial charge on any atom is -0.325 e. The smallest absolute Gasteiger partial charge is 0.236 e. The number of carbonyl (C=O) groups excluding carboxylic acids is 2. The summed E-state index contributed by atoms with van der Waals surface area (Å²) >= 11 is 2.73. The van der Waals surface area contributed by atoms with Crippen molar-refractivity contribution in [3.8, 4) is 0 Å². The number of nitrogens with zero attached hydrogens (tertiary/aromatic N) is 1. The molecule has 3 aromatic rings. The van der Waals surface area contributed by atoms with Crippen molar-refractivity contribution in [2.45, 2.75) is 13.8 Å². The Morgan fingerprint density at radius 3 is 2.50 bits per heavy atom. The summed E-state index contributed by atoms with van der Waals surface area (Å²) in [4.78, 5) is 28.4. The van der Waals surface area contributed by atoms with Crippen LogP contribution in [0, 0.1) is 13.8 Å². The van der Waals surface area contributed by atoms with Crippen molar-refractivity contribution in [1.29, 1.82) is 0 Å². The summed E-state index contributed by atoms with van der Waals surface area (Å²) in [5.41, 5.74) is 3.89. The van der Waals surface area contributed by atoms with E-state index in [-0.39, 0.29) is 23.3 Å². The molecule has 0 saturated heterocycles. The second-order valence-corrected chi connectivity index (χ2v) is 7.97. The van der Waals surface area contributed by atoms with Crippen molar-refractivity contribution < 1.29 is 9.59 Å². The molecule has 2 amide bonds. The zero-order valence-corrected chi connectivity index (χ0v) is 16.2. The minimum absolute atomic E-state index is 0.121. The molecule has 0 atom stereocenters. The third-order valence-electron chi connectivity index (χ3n) is 3.56. The second kappa shape index (κ2) is 8.33. The van der Waals surface area contributed by atoms with E-state index in [1.54, 1.807) is 0 Å². The van der Waals surface area contributed by atoms with Crippen molar-refractivity contribution in [3.63, 3.8) is 0 Å². The van der Waals surface area contributed by atoms with E-state index in [0.29, 0.717) is 5.13 Å². The fraction of sp³-hybridized carbons (Fsp3) is 0.211. The van der Waals surface area contributed by atoms with Crippen LogP contribution in [0.3, 0.4) is 0 Å². The molecule has 134 valence electrons. The number of aryl methyl sites for hydroxylation is 2. The summed E-state index contributed by atoms with van der Waals surface area (Å²) in [6, 6.07) is 13.6. The molecule has 0 unspecified atom stereocenters. The van der Waals surface area contributed by atoms with Crippen LogP contribution >= 0.6 is 23.1 Å². The molecular formula is C19H19N3O2S2. The first kappa shape index (κ1) is 18.4. The van der Waals surface area contributed by atoms with Crippen LogP contribution in [0.25, 0.3) is 10.2 Å². The number of amides is 2. The Morgan fingerprint density at radius 1 is 1.00 bits per heavy atom. The van der Waals surface area contributed by atoms with Crippen LogP contribution in [0.15, 0.2) is 42.5 Å². The highest BCUT2D eigenvalue weighted by atomic mass is 32.2. The molecule has 3 rings (SSSR count). The highest BCUT2D eigenvalue weighted by molar-refractivity contribution is 8.00.